The monoisotopic (exact) mass is 418 g/mol. The maximum atomic E-state index is 14.5. The van der Waals surface area contributed by atoms with E-state index in [4.69, 9.17) is 14.2 Å². The van der Waals surface area contributed by atoms with Gasteiger partial charge in [0.1, 0.15) is 0 Å². The Labute approximate surface area is 178 Å². The number of unbranched alkanes of at least 4 members (excludes halogenated alkanes) is 3. The lowest BCUT2D eigenvalue weighted by atomic mass is 9.97. The van der Waals surface area contributed by atoms with Crippen LogP contribution in [0, 0.1) is 11.6 Å². The molecule has 1 saturated heterocycles. The van der Waals surface area contributed by atoms with E-state index in [1.165, 1.54) is 37.0 Å². The standard InChI is InChI=1S/C25H32F2O3/c1-3-5-7-8-18-9-11-19(12-10-18)20-16-29-25(30-17-20)21-13-14-22(24(27)23(21)26)28-15-6-4-2/h9-14,20,25H,3-8,15-17H2,1-2H3. The van der Waals surface area contributed by atoms with Gasteiger partial charge in [-0.15, -0.1) is 0 Å². The fraction of sp³-hybridized carbons (Fsp3) is 0.520. The lowest BCUT2D eigenvalue weighted by molar-refractivity contribution is -0.193. The molecule has 0 bridgehead atoms. The Morgan fingerprint density at radius 1 is 0.867 bits per heavy atom. The summed E-state index contributed by atoms with van der Waals surface area (Å²) >= 11 is 0. The van der Waals surface area contributed by atoms with Crippen LogP contribution < -0.4 is 4.74 Å². The summed E-state index contributed by atoms with van der Waals surface area (Å²) in [5, 5.41) is 0. The molecule has 0 aliphatic carbocycles. The van der Waals surface area contributed by atoms with Crippen molar-refractivity contribution in [1.29, 1.82) is 0 Å². The van der Waals surface area contributed by atoms with Crippen LogP contribution in [0.5, 0.6) is 5.75 Å². The molecule has 1 aliphatic heterocycles. The van der Waals surface area contributed by atoms with Gasteiger partial charge in [0.25, 0.3) is 0 Å². The number of aryl methyl sites for hydroxylation is 1. The van der Waals surface area contributed by atoms with Gasteiger partial charge in [0.05, 0.1) is 19.8 Å². The van der Waals surface area contributed by atoms with Crippen LogP contribution in [0.2, 0.25) is 0 Å². The van der Waals surface area contributed by atoms with Gasteiger partial charge in [-0.05, 0) is 42.5 Å². The molecule has 0 amide bonds. The number of halogens is 2. The van der Waals surface area contributed by atoms with Crippen LogP contribution in [0.15, 0.2) is 36.4 Å². The van der Waals surface area contributed by atoms with E-state index >= 15 is 0 Å². The zero-order chi connectivity index (χ0) is 21.3. The average Bonchev–Trinajstić information content (AvgIpc) is 2.78. The fourth-order valence-corrected chi connectivity index (χ4v) is 3.58. The summed E-state index contributed by atoms with van der Waals surface area (Å²) < 4.78 is 45.7. The van der Waals surface area contributed by atoms with Crippen LogP contribution in [0.3, 0.4) is 0 Å². The molecule has 2 aromatic carbocycles. The van der Waals surface area contributed by atoms with Crippen molar-refractivity contribution in [3.05, 3.63) is 64.7 Å². The molecule has 1 fully saturated rings. The Balaban J connectivity index is 1.57. The summed E-state index contributed by atoms with van der Waals surface area (Å²) in [5.74, 6) is -1.95. The summed E-state index contributed by atoms with van der Waals surface area (Å²) in [6, 6.07) is 11.5. The van der Waals surface area contributed by atoms with E-state index in [1.807, 2.05) is 6.92 Å². The molecule has 2 aromatic rings. The van der Waals surface area contributed by atoms with Crippen molar-refractivity contribution in [2.45, 2.75) is 64.6 Å². The molecule has 5 heteroatoms. The molecule has 1 heterocycles. The maximum Gasteiger partial charge on any atom is 0.201 e. The van der Waals surface area contributed by atoms with E-state index in [-0.39, 0.29) is 17.2 Å². The Hall–Kier alpha value is -1.98. The molecule has 0 N–H and O–H groups in total. The van der Waals surface area contributed by atoms with Crippen molar-refractivity contribution >= 4 is 0 Å². The highest BCUT2D eigenvalue weighted by molar-refractivity contribution is 5.32. The number of benzene rings is 2. The van der Waals surface area contributed by atoms with Gasteiger partial charge in [-0.3, -0.25) is 0 Å². The molecule has 1 aliphatic rings. The molecule has 164 valence electrons. The second-order valence-corrected chi connectivity index (χ2v) is 7.88. The minimum absolute atomic E-state index is 0.0695. The van der Waals surface area contributed by atoms with Gasteiger partial charge in [0.2, 0.25) is 5.82 Å². The number of hydrogen-bond acceptors (Lipinski definition) is 3. The van der Waals surface area contributed by atoms with Gasteiger partial charge in [-0.2, -0.15) is 4.39 Å². The topological polar surface area (TPSA) is 27.7 Å². The molecule has 0 aromatic heterocycles. The summed E-state index contributed by atoms with van der Waals surface area (Å²) in [5.41, 5.74) is 2.54. The molecular formula is C25H32F2O3. The van der Waals surface area contributed by atoms with Gasteiger partial charge in [0, 0.05) is 11.5 Å². The summed E-state index contributed by atoms with van der Waals surface area (Å²) in [6.45, 7) is 5.37. The van der Waals surface area contributed by atoms with E-state index < -0.39 is 17.9 Å². The van der Waals surface area contributed by atoms with Crippen molar-refractivity contribution in [1.82, 2.24) is 0 Å². The van der Waals surface area contributed by atoms with Crippen LogP contribution in [0.4, 0.5) is 8.78 Å². The highest BCUT2D eigenvalue weighted by Crippen LogP contribution is 2.34. The minimum Gasteiger partial charge on any atom is -0.490 e. The number of rotatable bonds is 10. The van der Waals surface area contributed by atoms with Crippen molar-refractivity contribution in [3.8, 4) is 5.75 Å². The lowest BCUT2D eigenvalue weighted by Gasteiger charge is -2.30. The predicted octanol–water partition coefficient (Wildman–Crippen LogP) is 6.71. The molecule has 0 radical (unpaired) electrons. The Bertz CT molecular complexity index is 784. The fourth-order valence-electron chi connectivity index (χ4n) is 3.58. The number of hydrogen-bond donors (Lipinski definition) is 0. The van der Waals surface area contributed by atoms with Gasteiger partial charge < -0.3 is 14.2 Å². The largest absolute Gasteiger partial charge is 0.490 e. The third kappa shape index (κ3) is 5.79. The molecule has 0 spiro atoms. The highest BCUT2D eigenvalue weighted by Gasteiger charge is 2.28. The normalized spacial score (nSPS) is 19.1. The summed E-state index contributed by atoms with van der Waals surface area (Å²) in [4.78, 5) is 0. The summed E-state index contributed by atoms with van der Waals surface area (Å²) in [7, 11) is 0. The third-order valence-electron chi connectivity index (χ3n) is 5.50. The molecule has 3 nitrogen and oxygen atoms in total. The van der Waals surface area contributed by atoms with Crippen molar-refractivity contribution in [2.24, 2.45) is 0 Å². The molecule has 3 rings (SSSR count). The Kier molecular flexibility index (Phi) is 8.64. The van der Waals surface area contributed by atoms with Crippen molar-refractivity contribution in [3.63, 3.8) is 0 Å². The van der Waals surface area contributed by atoms with Crippen LogP contribution in [-0.4, -0.2) is 19.8 Å². The lowest BCUT2D eigenvalue weighted by Crippen LogP contribution is -2.26. The van der Waals surface area contributed by atoms with E-state index in [1.54, 1.807) is 0 Å². The Morgan fingerprint density at radius 2 is 1.57 bits per heavy atom. The highest BCUT2D eigenvalue weighted by atomic mass is 19.2. The van der Waals surface area contributed by atoms with E-state index in [2.05, 4.69) is 31.2 Å². The zero-order valence-corrected chi connectivity index (χ0v) is 18.0. The smallest absolute Gasteiger partial charge is 0.201 e. The number of ether oxygens (including phenoxy) is 3. The van der Waals surface area contributed by atoms with Crippen molar-refractivity contribution < 1.29 is 23.0 Å². The van der Waals surface area contributed by atoms with Crippen LogP contribution in [-0.2, 0) is 15.9 Å². The maximum absolute atomic E-state index is 14.5. The SMILES string of the molecule is CCCCCc1ccc(C2COC(c3ccc(OCCCC)c(F)c3F)OC2)cc1. The van der Waals surface area contributed by atoms with Crippen LogP contribution >= 0.6 is 0 Å². The molecule has 30 heavy (non-hydrogen) atoms. The quantitative estimate of drug-likeness (QED) is 0.402. The molecule has 0 atom stereocenters. The molecular weight excluding hydrogens is 386 g/mol. The second kappa shape index (κ2) is 11.4. The zero-order valence-electron chi connectivity index (χ0n) is 18.0. The van der Waals surface area contributed by atoms with Gasteiger partial charge in [0.15, 0.2) is 17.9 Å². The predicted molar refractivity (Wildman–Crippen MR) is 114 cm³/mol. The Morgan fingerprint density at radius 3 is 2.23 bits per heavy atom. The third-order valence-corrected chi connectivity index (χ3v) is 5.50. The van der Waals surface area contributed by atoms with Crippen LogP contribution in [0.1, 0.15) is 74.8 Å². The average molecular weight is 419 g/mol. The second-order valence-electron chi connectivity index (χ2n) is 7.88. The molecule has 0 unspecified atom stereocenters. The van der Waals surface area contributed by atoms with Crippen molar-refractivity contribution in [2.75, 3.05) is 19.8 Å². The van der Waals surface area contributed by atoms with E-state index in [0.29, 0.717) is 19.8 Å². The summed E-state index contributed by atoms with van der Waals surface area (Å²) in [6.07, 6.45) is 5.57. The van der Waals surface area contributed by atoms with E-state index in [9.17, 15) is 8.78 Å². The first-order valence-electron chi connectivity index (χ1n) is 11.1. The first-order chi connectivity index (χ1) is 14.6. The first-order valence-corrected chi connectivity index (χ1v) is 11.1. The minimum atomic E-state index is -0.989. The van der Waals surface area contributed by atoms with Gasteiger partial charge >= 0.3 is 0 Å². The molecule has 0 saturated carbocycles. The van der Waals surface area contributed by atoms with Gasteiger partial charge in [-0.25, -0.2) is 4.39 Å². The van der Waals surface area contributed by atoms with Gasteiger partial charge in [-0.1, -0.05) is 57.4 Å². The first kappa shape index (κ1) is 22.7. The van der Waals surface area contributed by atoms with Crippen LogP contribution in [0.25, 0.3) is 0 Å². The van der Waals surface area contributed by atoms with E-state index in [0.717, 1.165) is 24.8 Å².